The van der Waals surface area contributed by atoms with Crippen LogP contribution in [0, 0.1) is 5.82 Å². The fraction of sp³-hybridized carbons (Fsp3) is 0.182. The summed E-state index contributed by atoms with van der Waals surface area (Å²) in [4.78, 5) is 8.44. The summed E-state index contributed by atoms with van der Waals surface area (Å²) in [5, 5.41) is 6.53. The van der Waals surface area contributed by atoms with E-state index in [0.717, 1.165) is 16.9 Å². The maximum Gasteiger partial charge on any atom is 0.219 e. The first-order valence-electron chi connectivity index (χ1n) is 9.12. The van der Waals surface area contributed by atoms with Crippen molar-refractivity contribution < 1.29 is 13.9 Å². The minimum Gasteiger partial charge on any atom is -0.497 e. The highest BCUT2D eigenvalue weighted by Gasteiger charge is 2.04. The topological polar surface area (TPSA) is 67.8 Å². The molecule has 0 radical (unpaired) electrons. The lowest BCUT2D eigenvalue weighted by atomic mass is 10.2. The van der Waals surface area contributed by atoms with Crippen molar-refractivity contribution in [1.29, 1.82) is 0 Å². The maximum atomic E-state index is 13.0. The summed E-state index contributed by atoms with van der Waals surface area (Å²) in [5.74, 6) is 2.15. The second-order valence-electron chi connectivity index (χ2n) is 6.19. The Hall–Kier alpha value is -3.61. The molecule has 0 aliphatic carbocycles. The van der Waals surface area contributed by atoms with Crippen LogP contribution in [0.4, 0.5) is 4.39 Å². The van der Waals surface area contributed by atoms with Gasteiger partial charge in [-0.1, -0.05) is 12.1 Å². The van der Waals surface area contributed by atoms with Crippen LogP contribution in [0.5, 0.6) is 17.4 Å². The van der Waals surface area contributed by atoms with E-state index in [1.807, 2.05) is 36.4 Å². The lowest BCUT2D eigenvalue weighted by molar-refractivity contribution is 0.414. The highest BCUT2D eigenvalue weighted by atomic mass is 19.1. The van der Waals surface area contributed by atoms with E-state index in [1.54, 1.807) is 32.5 Å². The maximum absolute atomic E-state index is 13.0. The van der Waals surface area contributed by atoms with Crippen molar-refractivity contribution in [2.45, 2.75) is 13.1 Å². The second kappa shape index (κ2) is 10.1. The average Bonchev–Trinajstić information content (AvgIpc) is 2.76. The van der Waals surface area contributed by atoms with E-state index in [1.165, 1.54) is 12.1 Å². The predicted molar refractivity (Wildman–Crippen MR) is 111 cm³/mol. The molecule has 0 saturated carbocycles. The molecule has 0 aliphatic rings. The standard InChI is InChI=1S/C22H23FN4O2/c1-24-22(26-14-16-4-3-5-20(12-16)28-2)27-15-17-10-11-25-21(13-17)29-19-8-6-18(23)7-9-19/h3-13H,14-15H2,1-2H3,(H2,24,26,27). The average molecular weight is 394 g/mol. The van der Waals surface area contributed by atoms with E-state index < -0.39 is 0 Å². The number of methoxy groups -OCH3 is 1. The van der Waals surface area contributed by atoms with Gasteiger partial charge in [-0.2, -0.15) is 0 Å². The Morgan fingerprint density at radius 1 is 0.966 bits per heavy atom. The highest BCUT2D eigenvalue weighted by Crippen LogP contribution is 2.20. The Bertz CT molecular complexity index is 961. The van der Waals surface area contributed by atoms with Crippen molar-refractivity contribution in [1.82, 2.24) is 15.6 Å². The van der Waals surface area contributed by atoms with Gasteiger partial charge in [-0.05, 0) is 53.6 Å². The number of nitrogens with one attached hydrogen (secondary N) is 2. The minimum absolute atomic E-state index is 0.309. The molecule has 3 rings (SSSR count). The van der Waals surface area contributed by atoms with Gasteiger partial charge in [0.25, 0.3) is 0 Å². The molecule has 0 spiro atoms. The number of nitrogens with zero attached hydrogens (tertiary/aromatic N) is 2. The lowest BCUT2D eigenvalue weighted by Gasteiger charge is -2.13. The smallest absolute Gasteiger partial charge is 0.219 e. The van der Waals surface area contributed by atoms with Crippen LogP contribution in [0.15, 0.2) is 71.9 Å². The predicted octanol–water partition coefficient (Wildman–Crippen LogP) is 3.89. The van der Waals surface area contributed by atoms with E-state index in [0.29, 0.717) is 30.7 Å². The van der Waals surface area contributed by atoms with Crippen LogP contribution in [0.2, 0.25) is 0 Å². The Morgan fingerprint density at radius 2 is 1.69 bits per heavy atom. The number of guanidine groups is 1. The third-order valence-electron chi connectivity index (χ3n) is 4.11. The molecule has 2 N–H and O–H groups in total. The Morgan fingerprint density at radius 3 is 2.38 bits per heavy atom. The van der Waals surface area contributed by atoms with E-state index in [-0.39, 0.29) is 5.82 Å². The molecule has 0 unspecified atom stereocenters. The molecule has 0 amide bonds. The van der Waals surface area contributed by atoms with Crippen LogP contribution in [0.1, 0.15) is 11.1 Å². The summed E-state index contributed by atoms with van der Waals surface area (Å²) in [7, 11) is 3.37. The zero-order valence-corrected chi connectivity index (χ0v) is 16.4. The number of rotatable bonds is 7. The van der Waals surface area contributed by atoms with Gasteiger partial charge in [0.05, 0.1) is 7.11 Å². The quantitative estimate of drug-likeness (QED) is 0.470. The van der Waals surface area contributed by atoms with Crippen LogP contribution in [0.25, 0.3) is 0 Å². The number of pyridine rings is 1. The molecule has 1 aromatic heterocycles. The van der Waals surface area contributed by atoms with Gasteiger partial charge in [-0.3, -0.25) is 4.99 Å². The lowest BCUT2D eigenvalue weighted by Crippen LogP contribution is -2.36. The van der Waals surface area contributed by atoms with Gasteiger partial charge < -0.3 is 20.1 Å². The van der Waals surface area contributed by atoms with Crippen molar-refractivity contribution >= 4 is 5.96 Å². The van der Waals surface area contributed by atoms with Crippen molar-refractivity contribution in [2.75, 3.05) is 14.2 Å². The first kappa shape index (κ1) is 20.1. The van der Waals surface area contributed by atoms with Gasteiger partial charge in [-0.25, -0.2) is 9.37 Å². The van der Waals surface area contributed by atoms with E-state index >= 15 is 0 Å². The largest absolute Gasteiger partial charge is 0.497 e. The van der Waals surface area contributed by atoms with E-state index in [2.05, 4.69) is 20.6 Å². The number of hydrogen-bond donors (Lipinski definition) is 2. The van der Waals surface area contributed by atoms with Crippen LogP contribution in [-0.2, 0) is 13.1 Å². The molecule has 7 heteroatoms. The van der Waals surface area contributed by atoms with Crippen LogP contribution in [-0.4, -0.2) is 25.1 Å². The summed E-state index contributed by atoms with van der Waals surface area (Å²) in [6, 6.07) is 17.4. The molecule has 6 nitrogen and oxygen atoms in total. The van der Waals surface area contributed by atoms with Crippen molar-refractivity contribution in [3.8, 4) is 17.4 Å². The van der Waals surface area contributed by atoms with Crippen molar-refractivity contribution in [2.24, 2.45) is 4.99 Å². The summed E-state index contributed by atoms with van der Waals surface area (Å²) < 4.78 is 23.9. The van der Waals surface area contributed by atoms with Crippen LogP contribution >= 0.6 is 0 Å². The molecule has 0 atom stereocenters. The number of benzene rings is 2. The fourth-order valence-electron chi connectivity index (χ4n) is 2.61. The molecule has 3 aromatic rings. The highest BCUT2D eigenvalue weighted by molar-refractivity contribution is 5.79. The zero-order chi connectivity index (χ0) is 20.5. The molecule has 0 fully saturated rings. The number of halogens is 1. The number of hydrogen-bond acceptors (Lipinski definition) is 4. The van der Waals surface area contributed by atoms with Crippen molar-refractivity contribution in [3.05, 3.63) is 83.8 Å². The first-order valence-corrected chi connectivity index (χ1v) is 9.12. The summed E-state index contributed by atoms with van der Waals surface area (Å²) >= 11 is 0. The van der Waals surface area contributed by atoms with Gasteiger partial charge in [0.1, 0.15) is 17.3 Å². The SMILES string of the molecule is CN=C(NCc1cccc(OC)c1)NCc1ccnc(Oc2ccc(F)cc2)c1. The van der Waals surface area contributed by atoms with Crippen molar-refractivity contribution in [3.63, 3.8) is 0 Å². The van der Waals surface area contributed by atoms with Gasteiger partial charge in [0.15, 0.2) is 5.96 Å². The molecule has 150 valence electrons. The molecular weight excluding hydrogens is 371 g/mol. The van der Waals surface area contributed by atoms with Crippen LogP contribution in [0.3, 0.4) is 0 Å². The van der Waals surface area contributed by atoms with Gasteiger partial charge in [-0.15, -0.1) is 0 Å². The summed E-state index contributed by atoms with van der Waals surface area (Å²) in [6.07, 6.45) is 1.67. The third kappa shape index (κ3) is 6.21. The molecule has 0 saturated heterocycles. The summed E-state index contributed by atoms with van der Waals surface area (Å²) in [5.41, 5.74) is 2.06. The van der Waals surface area contributed by atoms with E-state index in [4.69, 9.17) is 9.47 Å². The van der Waals surface area contributed by atoms with Gasteiger partial charge in [0, 0.05) is 32.4 Å². The summed E-state index contributed by atoms with van der Waals surface area (Å²) in [6.45, 7) is 1.16. The molecule has 2 aromatic carbocycles. The van der Waals surface area contributed by atoms with Crippen LogP contribution < -0.4 is 20.1 Å². The van der Waals surface area contributed by atoms with E-state index in [9.17, 15) is 4.39 Å². The monoisotopic (exact) mass is 394 g/mol. The molecule has 0 bridgehead atoms. The number of aromatic nitrogens is 1. The molecular formula is C22H23FN4O2. The second-order valence-corrected chi connectivity index (χ2v) is 6.19. The number of aliphatic imine (C=N–C) groups is 1. The Labute approximate surface area is 169 Å². The molecule has 0 aliphatic heterocycles. The van der Waals surface area contributed by atoms with Gasteiger partial charge >= 0.3 is 0 Å². The third-order valence-corrected chi connectivity index (χ3v) is 4.11. The normalized spacial score (nSPS) is 11.1. The van der Waals surface area contributed by atoms with Gasteiger partial charge in [0.2, 0.25) is 5.88 Å². The molecule has 1 heterocycles. The minimum atomic E-state index is -0.309. The number of ether oxygens (including phenoxy) is 2. The Balaban J connectivity index is 1.54. The fourth-order valence-corrected chi connectivity index (χ4v) is 2.61. The zero-order valence-electron chi connectivity index (χ0n) is 16.4. The molecule has 29 heavy (non-hydrogen) atoms. The first-order chi connectivity index (χ1) is 14.2. The Kier molecular flexibility index (Phi) is 7.00.